The summed E-state index contributed by atoms with van der Waals surface area (Å²) in [6.45, 7) is 6.11. The average molecular weight is 428 g/mol. The molecule has 0 radical (unpaired) electrons. The third-order valence-electron chi connectivity index (χ3n) is 6.21. The summed E-state index contributed by atoms with van der Waals surface area (Å²) in [6, 6.07) is 4.76. The number of hydrogen-bond donors (Lipinski definition) is 0. The Balaban J connectivity index is 1.84. The second kappa shape index (κ2) is 8.30. The van der Waals surface area contributed by atoms with Crippen LogP contribution in [-0.4, -0.2) is 74.2 Å². The van der Waals surface area contributed by atoms with Gasteiger partial charge in [-0.05, 0) is 70.8 Å². The smallest absolute Gasteiger partial charge is 0.255 e. The van der Waals surface area contributed by atoms with Crippen LogP contribution in [0.3, 0.4) is 0 Å². The van der Waals surface area contributed by atoms with Gasteiger partial charge in [-0.25, -0.2) is 8.42 Å². The molecule has 0 unspecified atom stereocenters. The lowest BCUT2D eigenvalue weighted by Gasteiger charge is -2.46. The van der Waals surface area contributed by atoms with Gasteiger partial charge < -0.3 is 9.80 Å². The standard InChI is InChI=1S/C20H30ClN3O3S/c1-14(2)23(4)28(26,27)16-7-8-18(21)17(12-16)20(25)24-11-9-19-15(13-24)6-5-10-22(19)3/h7-8,12,14-15,19H,5-6,9-11,13H2,1-4H3/t15-,19-/m1/s1. The summed E-state index contributed by atoms with van der Waals surface area (Å²) < 4.78 is 26.9. The van der Waals surface area contributed by atoms with Crippen molar-refractivity contribution in [2.75, 3.05) is 33.7 Å². The first-order valence-electron chi connectivity index (χ1n) is 9.90. The van der Waals surface area contributed by atoms with Gasteiger partial charge in [-0.15, -0.1) is 0 Å². The van der Waals surface area contributed by atoms with Crippen LogP contribution in [-0.2, 0) is 10.0 Å². The van der Waals surface area contributed by atoms with Crippen LogP contribution in [0.1, 0.15) is 43.5 Å². The van der Waals surface area contributed by atoms with Crippen LogP contribution in [0.25, 0.3) is 0 Å². The lowest BCUT2D eigenvalue weighted by Crippen LogP contribution is -2.53. The minimum atomic E-state index is -3.67. The quantitative estimate of drug-likeness (QED) is 0.741. The van der Waals surface area contributed by atoms with Gasteiger partial charge in [0.2, 0.25) is 10.0 Å². The molecule has 2 fully saturated rings. The number of likely N-dealkylation sites (tertiary alicyclic amines) is 2. The highest BCUT2D eigenvalue weighted by molar-refractivity contribution is 7.89. The molecule has 1 amide bonds. The van der Waals surface area contributed by atoms with Crippen LogP contribution in [0.2, 0.25) is 5.02 Å². The van der Waals surface area contributed by atoms with Crippen LogP contribution in [0.4, 0.5) is 0 Å². The van der Waals surface area contributed by atoms with E-state index in [4.69, 9.17) is 11.6 Å². The zero-order valence-corrected chi connectivity index (χ0v) is 18.6. The lowest BCUT2D eigenvalue weighted by atomic mass is 9.84. The van der Waals surface area contributed by atoms with Crippen molar-refractivity contribution in [3.8, 4) is 0 Å². The second-order valence-corrected chi connectivity index (χ2v) is 10.7. The van der Waals surface area contributed by atoms with E-state index in [-0.39, 0.29) is 22.4 Å². The van der Waals surface area contributed by atoms with E-state index in [1.807, 2.05) is 18.7 Å². The number of amides is 1. The van der Waals surface area contributed by atoms with Gasteiger partial charge in [-0.3, -0.25) is 4.79 Å². The number of carbonyl (C=O) groups is 1. The number of nitrogens with zero attached hydrogens (tertiary/aromatic N) is 3. The van der Waals surface area contributed by atoms with Gasteiger partial charge in [0.1, 0.15) is 0 Å². The van der Waals surface area contributed by atoms with Gasteiger partial charge in [0.15, 0.2) is 0 Å². The third kappa shape index (κ3) is 4.08. The summed E-state index contributed by atoms with van der Waals surface area (Å²) >= 11 is 6.30. The van der Waals surface area contributed by atoms with E-state index in [1.165, 1.54) is 22.5 Å². The fourth-order valence-electron chi connectivity index (χ4n) is 4.28. The average Bonchev–Trinajstić information content (AvgIpc) is 2.66. The summed E-state index contributed by atoms with van der Waals surface area (Å²) in [6.07, 6.45) is 3.22. The van der Waals surface area contributed by atoms with Gasteiger partial charge in [-0.1, -0.05) is 11.6 Å². The molecule has 1 aromatic rings. The van der Waals surface area contributed by atoms with E-state index in [0.717, 1.165) is 25.8 Å². The van der Waals surface area contributed by atoms with Gasteiger partial charge >= 0.3 is 0 Å². The Morgan fingerprint density at radius 1 is 1.25 bits per heavy atom. The first kappa shape index (κ1) is 21.6. The van der Waals surface area contributed by atoms with Crippen molar-refractivity contribution in [2.24, 2.45) is 5.92 Å². The third-order valence-corrected chi connectivity index (χ3v) is 8.56. The highest BCUT2D eigenvalue weighted by Crippen LogP contribution is 2.31. The number of fused-ring (bicyclic) bond motifs is 1. The molecule has 2 aliphatic rings. The van der Waals surface area contributed by atoms with Crippen LogP contribution < -0.4 is 0 Å². The van der Waals surface area contributed by atoms with Crippen LogP contribution >= 0.6 is 11.6 Å². The maximum Gasteiger partial charge on any atom is 0.255 e. The molecule has 2 saturated heterocycles. The number of sulfonamides is 1. The molecule has 0 saturated carbocycles. The SMILES string of the molecule is CC(C)N(C)S(=O)(=O)c1ccc(Cl)c(C(=O)N2CC[C@@H]3[C@H](CCCN3C)C2)c1. The predicted octanol–water partition coefficient (Wildman–Crippen LogP) is 2.93. The van der Waals surface area contributed by atoms with Crippen molar-refractivity contribution in [3.05, 3.63) is 28.8 Å². The van der Waals surface area contributed by atoms with E-state index in [1.54, 1.807) is 7.05 Å². The normalized spacial score (nSPS) is 23.9. The zero-order chi connectivity index (χ0) is 20.6. The molecule has 0 aromatic heterocycles. The Morgan fingerprint density at radius 3 is 2.64 bits per heavy atom. The Labute approximate surface area is 173 Å². The molecule has 8 heteroatoms. The Morgan fingerprint density at radius 2 is 1.96 bits per heavy atom. The number of benzene rings is 1. The van der Waals surface area contributed by atoms with Crippen molar-refractivity contribution in [1.29, 1.82) is 0 Å². The highest BCUT2D eigenvalue weighted by atomic mass is 35.5. The van der Waals surface area contributed by atoms with Gasteiger partial charge in [0, 0.05) is 32.2 Å². The fraction of sp³-hybridized carbons (Fsp3) is 0.650. The fourth-order valence-corrected chi connectivity index (χ4v) is 5.87. The molecule has 0 aliphatic carbocycles. The monoisotopic (exact) mass is 427 g/mol. The molecular formula is C20H30ClN3O3S. The van der Waals surface area contributed by atoms with Crippen molar-refractivity contribution in [2.45, 2.75) is 50.1 Å². The lowest BCUT2D eigenvalue weighted by molar-refractivity contribution is 0.0317. The molecule has 2 atom stereocenters. The van der Waals surface area contributed by atoms with E-state index >= 15 is 0 Å². The van der Waals surface area contributed by atoms with Crippen molar-refractivity contribution in [1.82, 2.24) is 14.1 Å². The minimum Gasteiger partial charge on any atom is -0.338 e. The molecule has 2 aliphatic heterocycles. The highest BCUT2D eigenvalue weighted by Gasteiger charge is 2.36. The van der Waals surface area contributed by atoms with Crippen LogP contribution in [0.5, 0.6) is 0 Å². The van der Waals surface area contributed by atoms with Crippen LogP contribution in [0, 0.1) is 5.92 Å². The maximum atomic E-state index is 13.2. The molecule has 2 heterocycles. The molecule has 28 heavy (non-hydrogen) atoms. The van der Waals surface area contributed by atoms with E-state index in [9.17, 15) is 13.2 Å². The molecule has 0 N–H and O–H groups in total. The summed E-state index contributed by atoms with van der Waals surface area (Å²) in [5, 5.41) is 0.291. The van der Waals surface area contributed by atoms with Crippen molar-refractivity contribution < 1.29 is 13.2 Å². The molecule has 0 spiro atoms. The van der Waals surface area contributed by atoms with Crippen LogP contribution in [0.15, 0.2) is 23.1 Å². The number of halogens is 1. The molecule has 0 bridgehead atoms. The summed E-state index contributed by atoms with van der Waals surface area (Å²) in [7, 11) is 0.0288. The van der Waals surface area contributed by atoms with Crippen molar-refractivity contribution >= 4 is 27.5 Å². The predicted molar refractivity (Wildman–Crippen MR) is 111 cm³/mol. The number of hydrogen-bond acceptors (Lipinski definition) is 4. The first-order valence-corrected chi connectivity index (χ1v) is 11.7. The molecule has 1 aromatic carbocycles. The van der Waals surface area contributed by atoms with E-state index < -0.39 is 10.0 Å². The molecular weight excluding hydrogens is 398 g/mol. The summed E-state index contributed by atoms with van der Waals surface area (Å²) in [5.74, 6) is 0.287. The van der Waals surface area contributed by atoms with Gasteiger partial charge in [-0.2, -0.15) is 4.31 Å². The first-order chi connectivity index (χ1) is 13.1. The zero-order valence-electron chi connectivity index (χ0n) is 17.1. The second-order valence-electron chi connectivity index (χ2n) is 8.25. The molecule has 156 valence electrons. The number of carbonyl (C=O) groups excluding carboxylic acids is 1. The van der Waals surface area contributed by atoms with Crippen molar-refractivity contribution in [3.63, 3.8) is 0 Å². The summed E-state index contributed by atoms with van der Waals surface area (Å²) in [5.41, 5.74) is 0.266. The maximum absolute atomic E-state index is 13.2. The topological polar surface area (TPSA) is 60.9 Å². The van der Waals surface area contributed by atoms with E-state index in [0.29, 0.717) is 30.1 Å². The Hall–Kier alpha value is -1.15. The molecule has 6 nitrogen and oxygen atoms in total. The number of rotatable bonds is 4. The minimum absolute atomic E-state index is 0.101. The largest absolute Gasteiger partial charge is 0.338 e. The van der Waals surface area contributed by atoms with E-state index in [2.05, 4.69) is 11.9 Å². The Bertz CT molecular complexity index is 843. The van der Waals surface area contributed by atoms with Gasteiger partial charge in [0.05, 0.1) is 15.5 Å². The molecule has 3 rings (SSSR count). The Kier molecular flexibility index (Phi) is 6.39. The number of piperidine rings is 2. The van der Waals surface area contributed by atoms with Gasteiger partial charge in [0.25, 0.3) is 5.91 Å². The summed E-state index contributed by atoms with van der Waals surface area (Å²) in [4.78, 5) is 17.5.